The van der Waals surface area contributed by atoms with Crippen molar-refractivity contribution in [3.63, 3.8) is 0 Å². The fourth-order valence-electron chi connectivity index (χ4n) is 4.94. The highest BCUT2D eigenvalue weighted by atomic mass is 16.5. The van der Waals surface area contributed by atoms with Crippen molar-refractivity contribution in [3.05, 3.63) is 66.1 Å². The molecule has 2 atom stereocenters. The molecule has 33 heavy (non-hydrogen) atoms. The number of aryl methyl sites for hydroxylation is 1. The molecule has 0 saturated carbocycles. The van der Waals surface area contributed by atoms with E-state index in [1.165, 1.54) is 0 Å². The third-order valence-electron chi connectivity index (χ3n) is 6.69. The van der Waals surface area contributed by atoms with Crippen molar-refractivity contribution < 1.29 is 14.1 Å². The highest BCUT2D eigenvalue weighted by molar-refractivity contribution is 6.00. The van der Waals surface area contributed by atoms with E-state index in [0.29, 0.717) is 31.2 Å². The molecule has 2 fully saturated rings. The van der Waals surface area contributed by atoms with Gasteiger partial charge in [-0.25, -0.2) is 0 Å². The van der Waals surface area contributed by atoms with Gasteiger partial charge in [-0.3, -0.25) is 9.59 Å². The molecule has 2 saturated heterocycles. The number of benzene rings is 2. The first kappa shape index (κ1) is 21.4. The van der Waals surface area contributed by atoms with Crippen molar-refractivity contribution in [2.24, 2.45) is 11.8 Å². The SMILES string of the molecule is Cc1ccccc1-c1noc(CC2CCCN(C(=O)C3CC(=O)N(c4ccccc4)C3)C2)n1. The Morgan fingerprint density at radius 2 is 1.88 bits per heavy atom. The van der Waals surface area contributed by atoms with Gasteiger partial charge in [-0.05, 0) is 43.4 Å². The zero-order valence-electron chi connectivity index (χ0n) is 18.8. The first-order valence-electron chi connectivity index (χ1n) is 11.6. The maximum atomic E-state index is 13.2. The lowest BCUT2D eigenvalue weighted by atomic mass is 9.93. The molecule has 1 aromatic heterocycles. The highest BCUT2D eigenvalue weighted by Crippen LogP contribution is 2.29. The number of amides is 2. The van der Waals surface area contributed by atoms with Crippen LogP contribution in [0.15, 0.2) is 59.1 Å². The summed E-state index contributed by atoms with van der Waals surface area (Å²) >= 11 is 0. The van der Waals surface area contributed by atoms with Crippen LogP contribution in [0, 0.1) is 18.8 Å². The van der Waals surface area contributed by atoms with E-state index >= 15 is 0 Å². The lowest BCUT2D eigenvalue weighted by molar-refractivity contribution is -0.137. The standard InChI is InChI=1S/C26H28N4O3/c1-18-8-5-6-12-22(18)25-27-23(33-28-25)14-19-9-7-13-29(16-19)26(32)20-15-24(31)30(17-20)21-10-3-2-4-11-21/h2-6,8,10-12,19-20H,7,9,13-17H2,1H3. The first-order valence-corrected chi connectivity index (χ1v) is 11.6. The summed E-state index contributed by atoms with van der Waals surface area (Å²) in [5.74, 6) is 1.30. The van der Waals surface area contributed by atoms with E-state index in [1.54, 1.807) is 4.90 Å². The number of hydrogen-bond donors (Lipinski definition) is 0. The van der Waals surface area contributed by atoms with Crippen molar-refractivity contribution in [2.75, 3.05) is 24.5 Å². The number of carbonyl (C=O) groups is 2. The van der Waals surface area contributed by atoms with E-state index in [4.69, 9.17) is 4.52 Å². The maximum Gasteiger partial charge on any atom is 0.228 e. The molecule has 170 valence electrons. The first-order chi connectivity index (χ1) is 16.1. The van der Waals surface area contributed by atoms with Crippen LogP contribution >= 0.6 is 0 Å². The average Bonchev–Trinajstić information content (AvgIpc) is 3.46. The molecule has 0 aliphatic carbocycles. The Morgan fingerprint density at radius 3 is 2.70 bits per heavy atom. The van der Waals surface area contributed by atoms with Gasteiger partial charge in [-0.15, -0.1) is 0 Å². The van der Waals surface area contributed by atoms with Crippen molar-refractivity contribution in [3.8, 4) is 11.4 Å². The number of carbonyl (C=O) groups excluding carboxylic acids is 2. The fraction of sp³-hybridized carbons (Fsp3) is 0.385. The van der Waals surface area contributed by atoms with Gasteiger partial charge in [0.05, 0.1) is 5.92 Å². The normalized spacial score (nSPS) is 20.9. The molecule has 3 aromatic rings. The Bertz CT molecular complexity index is 1140. The van der Waals surface area contributed by atoms with E-state index in [1.807, 2.05) is 66.4 Å². The minimum atomic E-state index is -0.285. The van der Waals surface area contributed by atoms with Crippen LogP contribution in [0.3, 0.4) is 0 Å². The van der Waals surface area contributed by atoms with E-state index < -0.39 is 0 Å². The van der Waals surface area contributed by atoms with Crippen molar-refractivity contribution in [2.45, 2.75) is 32.6 Å². The Kier molecular flexibility index (Phi) is 5.94. The summed E-state index contributed by atoms with van der Waals surface area (Å²) in [7, 11) is 0. The van der Waals surface area contributed by atoms with Crippen LogP contribution in [0.25, 0.3) is 11.4 Å². The maximum absolute atomic E-state index is 13.2. The molecule has 0 bridgehead atoms. The molecule has 2 aliphatic heterocycles. The van der Waals surface area contributed by atoms with Crippen molar-refractivity contribution >= 4 is 17.5 Å². The Balaban J connectivity index is 1.21. The summed E-state index contributed by atoms with van der Waals surface area (Å²) in [5.41, 5.74) is 2.94. The Labute approximate surface area is 193 Å². The summed E-state index contributed by atoms with van der Waals surface area (Å²) in [4.78, 5) is 34.1. The highest BCUT2D eigenvalue weighted by Gasteiger charge is 2.38. The van der Waals surface area contributed by atoms with Gasteiger partial charge in [0.1, 0.15) is 0 Å². The van der Waals surface area contributed by atoms with Gasteiger partial charge < -0.3 is 14.3 Å². The van der Waals surface area contributed by atoms with E-state index in [-0.39, 0.29) is 30.1 Å². The van der Waals surface area contributed by atoms with Gasteiger partial charge >= 0.3 is 0 Å². The zero-order chi connectivity index (χ0) is 22.8. The predicted molar refractivity (Wildman–Crippen MR) is 124 cm³/mol. The number of hydrogen-bond acceptors (Lipinski definition) is 5. The molecule has 2 aromatic carbocycles. The van der Waals surface area contributed by atoms with Gasteiger partial charge in [0.15, 0.2) is 0 Å². The summed E-state index contributed by atoms with van der Waals surface area (Å²) < 4.78 is 5.53. The molecule has 2 aliphatic rings. The predicted octanol–water partition coefficient (Wildman–Crippen LogP) is 3.88. The zero-order valence-corrected chi connectivity index (χ0v) is 18.8. The smallest absolute Gasteiger partial charge is 0.228 e. The average molecular weight is 445 g/mol. The summed E-state index contributed by atoms with van der Waals surface area (Å²) in [5, 5.41) is 4.17. The van der Waals surface area contributed by atoms with E-state index in [0.717, 1.165) is 36.2 Å². The number of para-hydroxylation sites is 1. The molecule has 0 N–H and O–H groups in total. The Morgan fingerprint density at radius 1 is 1.09 bits per heavy atom. The Hall–Kier alpha value is -3.48. The molecule has 7 heteroatoms. The summed E-state index contributed by atoms with van der Waals surface area (Å²) in [6.07, 6.45) is 2.89. The van der Waals surface area contributed by atoms with Crippen LogP contribution < -0.4 is 4.90 Å². The molecule has 0 spiro atoms. The van der Waals surface area contributed by atoms with Crippen LogP contribution in [-0.4, -0.2) is 46.5 Å². The van der Waals surface area contributed by atoms with E-state index in [2.05, 4.69) is 10.1 Å². The quantitative estimate of drug-likeness (QED) is 0.597. The number of anilines is 1. The van der Waals surface area contributed by atoms with Crippen LogP contribution in [0.1, 0.15) is 30.7 Å². The van der Waals surface area contributed by atoms with Crippen molar-refractivity contribution in [1.29, 1.82) is 0 Å². The second-order valence-corrected chi connectivity index (χ2v) is 9.06. The summed E-state index contributed by atoms with van der Waals surface area (Å²) in [6, 6.07) is 17.6. The van der Waals surface area contributed by atoms with Gasteiger partial charge in [-0.2, -0.15) is 4.98 Å². The second-order valence-electron chi connectivity index (χ2n) is 9.06. The lowest BCUT2D eigenvalue weighted by Crippen LogP contribution is -2.44. The fourth-order valence-corrected chi connectivity index (χ4v) is 4.94. The van der Waals surface area contributed by atoms with E-state index in [9.17, 15) is 9.59 Å². The molecule has 2 unspecified atom stereocenters. The molecule has 5 rings (SSSR count). The molecular formula is C26H28N4O3. The van der Waals surface area contributed by atoms with Gasteiger partial charge in [0.25, 0.3) is 0 Å². The number of likely N-dealkylation sites (tertiary alicyclic amines) is 1. The molecule has 0 radical (unpaired) electrons. The number of rotatable bonds is 5. The minimum Gasteiger partial charge on any atom is -0.342 e. The van der Waals surface area contributed by atoms with Gasteiger partial charge in [0, 0.05) is 43.7 Å². The molecule has 7 nitrogen and oxygen atoms in total. The van der Waals surface area contributed by atoms with Crippen LogP contribution in [0.5, 0.6) is 0 Å². The van der Waals surface area contributed by atoms with Crippen LogP contribution in [0.4, 0.5) is 5.69 Å². The molecule has 2 amide bonds. The largest absolute Gasteiger partial charge is 0.342 e. The molecular weight excluding hydrogens is 416 g/mol. The number of nitrogens with zero attached hydrogens (tertiary/aromatic N) is 4. The lowest BCUT2D eigenvalue weighted by Gasteiger charge is -2.33. The second kappa shape index (κ2) is 9.17. The third-order valence-corrected chi connectivity index (χ3v) is 6.69. The minimum absolute atomic E-state index is 0.0164. The van der Waals surface area contributed by atoms with Gasteiger partial charge in [-0.1, -0.05) is 47.6 Å². The third kappa shape index (κ3) is 4.53. The topological polar surface area (TPSA) is 79.5 Å². The number of aromatic nitrogens is 2. The molecule has 3 heterocycles. The van der Waals surface area contributed by atoms with Crippen LogP contribution in [0.2, 0.25) is 0 Å². The van der Waals surface area contributed by atoms with Gasteiger partial charge in [0.2, 0.25) is 23.5 Å². The number of piperidine rings is 1. The monoisotopic (exact) mass is 444 g/mol. The van der Waals surface area contributed by atoms with Crippen molar-refractivity contribution in [1.82, 2.24) is 15.0 Å². The van der Waals surface area contributed by atoms with Crippen LogP contribution in [-0.2, 0) is 16.0 Å². The summed E-state index contributed by atoms with van der Waals surface area (Å²) in [6.45, 7) is 3.88.